The van der Waals surface area contributed by atoms with E-state index in [1.807, 2.05) is 0 Å². The maximum atomic E-state index is 12.7. The fourth-order valence-corrected chi connectivity index (χ4v) is 4.26. The van der Waals surface area contributed by atoms with Crippen LogP contribution in [0.1, 0.15) is 15.9 Å². The molecule has 1 aliphatic heterocycles. The molecule has 1 fully saturated rings. The molecule has 30 heavy (non-hydrogen) atoms. The van der Waals surface area contributed by atoms with Crippen LogP contribution in [-0.4, -0.2) is 61.2 Å². The lowest BCUT2D eigenvalue weighted by atomic mass is 10.1. The first kappa shape index (κ1) is 21.4. The van der Waals surface area contributed by atoms with Gasteiger partial charge in [-0.15, -0.1) is 0 Å². The number of morpholine rings is 1. The summed E-state index contributed by atoms with van der Waals surface area (Å²) < 4.78 is 31.8. The number of nitrogens with one attached hydrogen (secondary N) is 1. The number of hydrogen-bond acceptors (Lipinski definition) is 8. The summed E-state index contributed by atoms with van der Waals surface area (Å²) in [5, 5.41) is 24.5. The molecule has 12 heteroatoms. The van der Waals surface area contributed by atoms with Gasteiger partial charge in [0.25, 0.3) is 5.69 Å². The van der Waals surface area contributed by atoms with Gasteiger partial charge < -0.3 is 9.84 Å². The van der Waals surface area contributed by atoms with E-state index in [-0.39, 0.29) is 42.4 Å². The number of ether oxygens (including phenoxy) is 1. The molecule has 1 aliphatic rings. The van der Waals surface area contributed by atoms with Crippen molar-refractivity contribution in [1.29, 1.82) is 0 Å². The predicted octanol–water partition coefficient (Wildman–Crippen LogP) is 1.76. The fourth-order valence-electron chi connectivity index (χ4n) is 2.83. The number of anilines is 1. The van der Waals surface area contributed by atoms with Gasteiger partial charge in [0, 0.05) is 24.7 Å². The summed E-state index contributed by atoms with van der Waals surface area (Å²) >= 11 is 0. The van der Waals surface area contributed by atoms with Crippen molar-refractivity contribution in [2.75, 3.05) is 31.7 Å². The van der Waals surface area contributed by atoms with E-state index in [4.69, 9.17) is 4.74 Å². The standard InChI is InChI=1S/C18H18N4O7S/c23-18(24)15-4-2-1-3-13(15)12-19-20-16-6-5-14(11-17(16)22(25)26)30(27,28)21-7-9-29-10-8-21/h1-6,11-12,20H,7-10H2,(H,23,24)/b19-12-. The van der Waals surface area contributed by atoms with Gasteiger partial charge in [-0.3, -0.25) is 15.5 Å². The second-order valence-electron chi connectivity index (χ2n) is 6.21. The van der Waals surface area contributed by atoms with Gasteiger partial charge in [-0.05, 0) is 18.2 Å². The van der Waals surface area contributed by atoms with Gasteiger partial charge in [-0.1, -0.05) is 18.2 Å². The zero-order valence-corrected chi connectivity index (χ0v) is 16.4. The SMILES string of the molecule is O=C(O)c1ccccc1/C=N\Nc1ccc(S(=O)(=O)N2CCOCC2)cc1[N+](=O)[O-]. The fraction of sp³-hybridized carbons (Fsp3) is 0.222. The van der Waals surface area contributed by atoms with Crippen molar-refractivity contribution in [3.05, 3.63) is 63.7 Å². The summed E-state index contributed by atoms with van der Waals surface area (Å²) in [5.74, 6) is -1.14. The van der Waals surface area contributed by atoms with Crippen LogP contribution in [0.3, 0.4) is 0 Å². The van der Waals surface area contributed by atoms with Crippen LogP contribution < -0.4 is 5.43 Å². The molecule has 0 aliphatic carbocycles. The van der Waals surface area contributed by atoms with Gasteiger partial charge in [-0.2, -0.15) is 9.41 Å². The number of nitrogens with zero attached hydrogens (tertiary/aromatic N) is 3. The third-order valence-electron chi connectivity index (χ3n) is 4.35. The molecule has 1 heterocycles. The molecule has 2 N–H and O–H groups in total. The van der Waals surface area contributed by atoms with Gasteiger partial charge in [0.2, 0.25) is 10.0 Å². The summed E-state index contributed by atoms with van der Waals surface area (Å²) in [6.45, 7) is 0.855. The van der Waals surface area contributed by atoms with Crippen LogP contribution in [0, 0.1) is 10.1 Å². The van der Waals surface area contributed by atoms with Gasteiger partial charge in [-0.25, -0.2) is 13.2 Å². The van der Waals surface area contributed by atoms with E-state index in [2.05, 4.69) is 10.5 Å². The highest BCUT2D eigenvalue weighted by atomic mass is 32.2. The van der Waals surface area contributed by atoms with Crippen LogP contribution in [0.2, 0.25) is 0 Å². The van der Waals surface area contributed by atoms with Crippen LogP contribution in [-0.2, 0) is 14.8 Å². The highest BCUT2D eigenvalue weighted by molar-refractivity contribution is 7.89. The molecule has 3 rings (SSSR count). The van der Waals surface area contributed by atoms with Crippen LogP contribution in [0.5, 0.6) is 0 Å². The van der Waals surface area contributed by atoms with E-state index >= 15 is 0 Å². The maximum absolute atomic E-state index is 12.7. The number of benzene rings is 2. The van der Waals surface area contributed by atoms with Crippen molar-refractivity contribution in [2.24, 2.45) is 5.10 Å². The van der Waals surface area contributed by atoms with Crippen LogP contribution >= 0.6 is 0 Å². The second-order valence-corrected chi connectivity index (χ2v) is 8.15. The topological polar surface area (TPSA) is 151 Å². The summed E-state index contributed by atoms with van der Waals surface area (Å²) in [7, 11) is -3.90. The van der Waals surface area contributed by atoms with Gasteiger partial charge in [0.1, 0.15) is 5.69 Å². The average molecular weight is 434 g/mol. The molecule has 0 aromatic heterocycles. The molecular formula is C18H18N4O7S. The van der Waals surface area contributed by atoms with E-state index < -0.39 is 26.6 Å². The third-order valence-corrected chi connectivity index (χ3v) is 6.25. The molecular weight excluding hydrogens is 416 g/mol. The summed E-state index contributed by atoms with van der Waals surface area (Å²) in [4.78, 5) is 21.8. The number of nitro benzene ring substituents is 1. The first-order valence-electron chi connectivity index (χ1n) is 8.78. The number of sulfonamides is 1. The van der Waals surface area contributed by atoms with E-state index in [1.165, 1.54) is 34.8 Å². The number of hydrogen-bond donors (Lipinski definition) is 2. The molecule has 1 saturated heterocycles. The molecule has 2 aromatic rings. The number of rotatable bonds is 7. The molecule has 0 unspecified atom stereocenters. The minimum Gasteiger partial charge on any atom is -0.478 e. The minimum atomic E-state index is -3.90. The summed E-state index contributed by atoms with van der Waals surface area (Å²) in [6, 6.07) is 9.58. The summed E-state index contributed by atoms with van der Waals surface area (Å²) in [5.41, 5.74) is 2.27. The molecule has 0 saturated carbocycles. The Labute approximate surface area is 171 Å². The number of hydrazone groups is 1. The van der Waals surface area contributed by atoms with Crippen LogP contribution in [0.4, 0.5) is 11.4 Å². The quantitative estimate of drug-likeness (QED) is 0.380. The first-order valence-corrected chi connectivity index (χ1v) is 10.2. The van der Waals surface area contributed by atoms with Crippen LogP contribution in [0.15, 0.2) is 52.5 Å². The molecule has 0 atom stereocenters. The molecule has 0 bridgehead atoms. The number of carbonyl (C=O) groups is 1. The van der Waals surface area contributed by atoms with E-state index in [0.717, 1.165) is 6.07 Å². The minimum absolute atomic E-state index is 0.0181. The lowest BCUT2D eigenvalue weighted by molar-refractivity contribution is -0.384. The van der Waals surface area contributed by atoms with Crippen molar-refractivity contribution in [3.63, 3.8) is 0 Å². The Morgan fingerprint density at radius 1 is 1.23 bits per heavy atom. The molecule has 0 amide bonds. The normalized spacial score (nSPS) is 15.2. The van der Waals surface area contributed by atoms with E-state index in [9.17, 15) is 28.4 Å². The van der Waals surface area contributed by atoms with Crippen LogP contribution in [0.25, 0.3) is 0 Å². The lowest BCUT2D eigenvalue weighted by Crippen LogP contribution is -2.40. The van der Waals surface area contributed by atoms with Crippen molar-refractivity contribution in [2.45, 2.75) is 4.90 Å². The first-order chi connectivity index (χ1) is 14.3. The summed E-state index contributed by atoms with van der Waals surface area (Å²) in [6.07, 6.45) is 1.21. The number of aromatic carboxylic acids is 1. The van der Waals surface area contributed by atoms with Gasteiger partial charge in [0.15, 0.2) is 0 Å². The monoisotopic (exact) mass is 434 g/mol. The Balaban J connectivity index is 1.86. The highest BCUT2D eigenvalue weighted by Gasteiger charge is 2.28. The molecule has 0 radical (unpaired) electrons. The Kier molecular flexibility index (Phi) is 6.40. The van der Waals surface area contributed by atoms with E-state index in [1.54, 1.807) is 12.1 Å². The Hall–Kier alpha value is -3.35. The zero-order valence-electron chi connectivity index (χ0n) is 15.6. The smallest absolute Gasteiger partial charge is 0.336 e. The molecule has 0 spiro atoms. The Morgan fingerprint density at radius 3 is 2.60 bits per heavy atom. The zero-order chi connectivity index (χ0) is 21.7. The second kappa shape index (κ2) is 8.98. The van der Waals surface area contributed by atoms with Crippen molar-refractivity contribution >= 4 is 33.6 Å². The predicted molar refractivity (Wildman–Crippen MR) is 107 cm³/mol. The lowest BCUT2D eigenvalue weighted by Gasteiger charge is -2.26. The van der Waals surface area contributed by atoms with Crippen molar-refractivity contribution in [1.82, 2.24) is 4.31 Å². The molecule has 11 nitrogen and oxygen atoms in total. The maximum Gasteiger partial charge on any atom is 0.336 e. The molecule has 2 aromatic carbocycles. The number of carboxylic acid groups (broad SMARTS) is 1. The van der Waals surface area contributed by atoms with Gasteiger partial charge >= 0.3 is 5.97 Å². The number of nitro groups is 1. The third kappa shape index (κ3) is 4.62. The van der Waals surface area contributed by atoms with Gasteiger partial charge in [0.05, 0.1) is 34.8 Å². The number of carboxylic acids is 1. The Bertz CT molecular complexity index is 1100. The largest absolute Gasteiger partial charge is 0.478 e. The average Bonchev–Trinajstić information content (AvgIpc) is 2.74. The van der Waals surface area contributed by atoms with Crippen molar-refractivity contribution in [3.8, 4) is 0 Å². The highest BCUT2D eigenvalue weighted by Crippen LogP contribution is 2.29. The van der Waals surface area contributed by atoms with Crippen molar-refractivity contribution < 1.29 is 28.0 Å². The molecule has 158 valence electrons. The Morgan fingerprint density at radius 2 is 1.93 bits per heavy atom. The van der Waals surface area contributed by atoms with E-state index in [0.29, 0.717) is 5.56 Å².